The monoisotopic (exact) mass is 280 g/mol. The van der Waals surface area contributed by atoms with E-state index in [1.807, 2.05) is 10.9 Å². The number of ether oxygens (including phenoxy) is 1. The molecule has 0 aliphatic carbocycles. The average molecular weight is 280 g/mol. The van der Waals surface area contributed by atoms with E-state index in [0.717, 1.165) is 38.5 Å². The first-order chi connectivity index (χ1) is 9.61. The van der Waals surface area contributed by atoms with Gasteiger partial charge in [-0.25, -0.2) is 0 Å². The van der Waals surface area contributed by atoms with Crippen LogP contribution in [0.25, 0.3) is 0 Å². The van der Waals surface area contributed by atoms with Gasteiger partial charge in [0, 0.05) is 50.1 Å². The van der Waals surface area contributed by atoms with Crippen LogP contribution in [-0.4, -0.2) is 48.0 Å². The Bertz CT molecular complexity index is 398. The number of nitrogens with zero attached hydrogens (tertiary/aromatic N) is 3. The summed E-state index contributed by atoms with van der Waals surface area (Å²) in [4.78, 5) is 2.37. The first-order valence-corrected chi connectivity index (χ1v) is 7.64. The molecular weight excluding hydrogens is 252 g/mol. The molecule has 0 radical (unpaired) electrons. The van der Waals surface area contributed by atoms with Crippen molar-refractivity contribution < 1.29 is 4.74 Å². The van der Waals surface area contributed by atoms with Crippen molar-refractivity contribution in [2.24, 2.45) is 11.7 Å². The van der Waals surface area contributed by atoms with E-state index in [4.69, 9.17) is 10.5 Å². The summed E-state index contributed by atoms with van der Waals surface area (Å²) in [5.74, 6) is 0.725. The number of aromatic nitrogens is 2. The summed E-state index contributed by atoms with van der Waals surface area (Å²) in [5, 5.41) is 4.43. The molecular formula is C15H28N4O. The molecule has 5 heteroatoms. The molecule has 2 rings (SSSR count). The van der Waals surface area contributed by atoms with Crippen molar-refractivity contribution in [2.45, 2.75) is 38.8 Å². The summed E-state index contributed by atoms with van der Waals surface area (Å²) in [6.45, 7) is 7.79. The molecule has 0 amide bonds. The van der Waals surface area contributed by atoms with Gasteiger partial charge in [0.15, 0.2) is 0 Å². The van der Waals surface area contributed by atoms with Gasteiger partial charge in [-0.15, -0.1) is 0 Å². The second kappa shape index (κ2) is 7.20. The molecule has 0 bridgehead atoms. The molecule has 5 nitrogen and oxygen atoms in total. The summed E-state index contributed by atoms with van der Waals surface area (Å²) >= 11 is 0. The van der Waals surface area contributed by atoms with Crippen LogP contribution in [0.15, 0.2) is 12.4 Å². The minimum atomic E-state index is 0.255. The highest BCUT2D eigenvalue weighted by Crippen LogP contribution is 2.23. The molecule has 1 aromatic heterocycles. The van der Waals surface area contributed by atoms with Crippen LogP contribution in [0.2, 0.25) is 0 Å². The molecule has 2 heterocycles. The minimum Gasteiger partial charge on any atom is -0.381 e. The van der Waals surface area contributed by atoms with E-state index in [9.17, 15) is 0 Å². The zero-order valence-corrected chi connectivity index (χ0v) is 13.0. The standard InChI is InChI=1S/C15H28N4O/c1-12(2)19-11-14(9-17-19)15(8-16)18(3)10-13-4-6-20-7-5-13/h9,11-13,15H,4-8,10,16H2,1-3H3. The van der Waals surface area contributed by atoms with Crippen molar-refractivity contribution in [2.75, 3.05) is 33.4 Å². The van der Waals surface area contributed by atoms with Gasteiger partial charge in [0.2, 0.25) is 0 Å². The van der Waals surface area contributed by atoms with E-state index >= 15 is 0 Å². The van der Waals surface area contributed by atoms with Crippen LogP contribution in [0.5, 0.6) is 0 Å². The van der Waals surface area contributed by atoms with Crippen LogP contribution < -0.4 is 5.73 Å². The van der Waals surface area contributed by atoms with E-state index in [-0.39, 0.29) is 6.04 Å². The van der Waals surface area contributed by atoms with Gasteiger partial charge in [-0.05, 0) is 39.7 Å². The molecule has 0 spiro atoms. The van der Waals surface area contributed by atoms with Crippen molar-refractivity contribution in [1.82, 2.24) is 14.7 Å². The van der Waals surface area contributed by atoms with E-state index in [2.05, 4.69) is 37.1 Å². The summed E-state index contributed by atoms with van der Waals surface area (Å²) < 4.78 is 7.43. The van der Waals surface area contributed by atoms with Crippen molar-refractivity contribution in [1.29, 1.82) is 0 Å². The third-order valence-corrected chi connectivity index (χ3v) is 4.18. The van der Waals surface area contributed by atoms with Gasteiger partial charge in [0.1, 0.15) is 0 Å². The highest BCUT2D eigenvalue weighted by molar-refractivity contribution is 5.11. The first-order valence-electron chi connectivity index (χ1n) is 7.64. The lowest BCUT2D eigenvalue weighted by molar-refractivity contribution is 0.0507. The van der Waals surface area contributed by atoms with Crippen molar-refractivity contribution >= 4 is 0 Å². The molecule has 1 saturated heterocycles. The Labute approximate surface area is 122 Å². The minimum absolute atomic E-state index is 0.255. The van der Waals surface area contributed by atoms with E-state index < -0.39 is 0 Å². The Morgan fingerprint density at radius 2 is 2.15 bits per heavy atom. The van der Waals surface area contributed by atoms with Crippen molar-refractivity contribution in [3.8, 4) is 0 Å². The lowest BCUT2D eigenvalue weighted by Gasteiger charge is -2.31. The lowest BCUT2D eigenvalue weighted by Crippen LogP contribution is -2.35. The lowest BCUT2D eigenvalue weighted by atomic mass is 9.98. The van der Waals surface area contributed by atoms with Gasteiger partial charge in [0.05, 0.1) is 6.20 Å². The maximum absolute atomic E-state index is 5.99. The van der Waals surface area contributed by atoms with Gasteiger partial charge in [-0.2, -0.15) is 5.10 Å². The van der Waals surface area contributed by atoms with Crippen molar-refractivity contribution in [3.63, 3.8) is 0 Å². The van der Waals surface area contributed by atoms with Crippen molar-refractivity contribution in [3.05, 3.63) is 18.0 Å². The fourth-order valence-corrected chi connectivity index (χ4v) is 2.84. The molecule has 2 N–H and O–H groups in total. The van der Waals surface area contributed by atoms with Gasteiger partial charge in [0.25, 0.3) is 0 Å². The summed E-state index contributed by atoms with van der Waals surface area (Å²) in [7, 11) is 2.17. The van der Waals surface area contributed by atoms with Crippen LogP contribution in [0.1, 0.15) is 44.3 Å². The SMILES string of the molecule is CC(C)n1cc(C(CN)N(C)CC2CCOCC2)cn1. The number of rotatable bonds is 6. The Hall–Kier alpha value is -0.910. The van der Waals surface area contributed by atoms with Gasteiger partial charge < -0.3 is 10.5 Å². The van der Waals surface area contributed by atoms with Crippen LogP contribution in [0.3, 0.4) is 0 Å². The van der Waals surface area contributed by atoms with E-state index in [1.165, 1.54) is 5.56 Å². The molecule has 1 aliphatic heterocycles. The van der Waals surface area contributed by atoms with Crippen LogP contribution in [0, 0.1) is 5.92 Å². The molecule has 1 unspecified atom stereocenters. The number of hydrogen-bond donors (Lipinski definition) is 1. The molecule has 20 heavy (non-hydrogen) atoms. The first kappa shape index (κ1) is 15.5. The maximum Gasteiger partial charge on any atom is 0.0538 e. The topological polar surface area (TPSA) is 56.3 Å². The third-order valence-electron chi connectivity index (χ3n) is 4.18. The Kier molecular flexibility index (Phi) is 5.57. The van der Waals surface area contributed by atoms with Crippen LogP contribution in [0.4, 0.5) is 0 Å². The highest BCUT2D eigenvalue weighted by Gasteiger charge is 2.22. The van der Waals surface area contributed by atoms with E-state index in [0.29, 0.717) is 12.6 Å². The predicted octanol–water partition coefficient (Wildman–Crippen LogP) is 1.82. The van der Waals surface area contributed by atoms with Gasteiger partial charge in [-0.3, -0.25) is 9.58 Å². The Balaban J connectivity index is 1.98. The summed E-state index contributed by atoms with van der Waals surface area (Å²) in [6.07, 6.45) is 6.40. The molecule has 0 aromatic carbocycles. The number of likely N-dealkylation sites (N-methyl/N-ethyl adjacent to an activating group) is 1. The quantitative estimate of drug-likeness (QED) is 0.863. The molecule has 1 atom stereocenters. The van der Waals surface area contributed by atoms with Crippen LogP contribution in [-0.2, 0) is 4.74 Å². The number of nitrogens with two attached hydrogens (primary N) is 1. The summed E-state index contributed by atoms with van der Waals surface area (Å²) in [5.41, 5.74) is 7.21. The highest BCUT2D eigenvalue weighted by atomic mass is 16.5. The largest absolute Gasteiger partial charge is 0.381 e. The zero-order chi connectivity index (χ0) is 14.5. The third kappa shape index (κ3) is 3.81. The van der Waals surface area contributed by atoms with Gasteiger partial charge in [-0.1, -0.05) is 0 Å². The number of hydrogen-bond acceptors (Lipinski definition) is 4. The molecule has 0 saturated carbocycles. The predicted molar refractivity (Wildman–Crippen MR) is 80.6 cm³/mol. The molecule has 1 aliphatic rings. The second-order valence-electron chi connectivity index (χ2n) is 6.09. The van der Waals surface area contributed by atoms with Crippen LogP contribution >= 0.6 is 0 Å². The average Bonchev–Trinajstić information content (AvgIpc) is 2.90. The molecule has 1 aromatic rings. The van der Waals surface area contributed by atoms with Gasteiger partial charge >= 0.3 is 0 Å². The van der Waals surface area contributed by atoms with E-state index in [1.54, 1.807) is 0 Å². The Morgan fingerprint density at radius 3 is 2.70 bits per heavy atom. The smallest absolute Gasteiger partial charge is 0.0538 e. The second-order valence-corrected chi connectivity index (χ2v) is 6.09. The Morgan fingerprint density at radius 1 is 1.45 bits per heavy atom. The zero-order valence-electron chi connectivity index (χ0n) is 13.0. The fraction of sp³-hybridized carbons (Fsp3) is 0.800. The maximum atomic E-state index is 5.99. The fourth-order valence-electron chi connectivity index (χ4n) is 2.84. The summed E-state index contributed by atoms with van der Waals surface area (Å²) in [6, 6.07) is 0.647. The molecule has 114 valence electrons. The normalized spacial score (nSPS) is 18.9. The molecule has 1 fully saturated rings.